The van der Waals surface area contributed by atoms with Crippen molar-refractivity contribution < 1.29 is 4.74 Å². The maximum atomic E-state index is 5.75. The second kappa shape index (κ2) is 8.23. The molecular formula is C16H32N2O. The van der Waals surface area contributed by atoms with Gasteiger partial charge in [0.2, 0.25) is 0 Å². The number of fused-ring (bicyclic) bond motifs is 1. The van der Waals surface area contributed by atoms with Crippen molar-refractivity contribution in [3.63, 3.8) is 0 Å². The summed E-state index contributed by atoms with van der Waals surface area (Å²) in [5.74, 6) is 0. The van der Waals surface area contributed by atoms with Crippen LogP contribution in [0.15, 0.2) is 0 Å². The lowest BCUT2D eigenvalue weighted by Gasteiger charge is -2.48. The zero-order valence-corrected chi connectivity index (χ0v) is 12.9. The van der Waals surface area contributed by atoms with Gasteiger partial charge in [-0.15, -0.1) is 0 Å². The van der Waals surface area contributed by atoms with E-state index in [-0.39, 0.29) is 0 Å². The van der Waals surface area contributed by atoms with Crippen LogP contribution in [0.4, 0.5) is 0 Å². The molecule has 2 saturated heterocycles. The highest BCUT2D eigenvalue weighted by Gasteiger charge is 2.33. The Labute approximate surface area is 119 Å². The molecule has 0 bridgehead atoms. The van der Waals surface area contributed by atoms with Crippen LogP contribution in [0.25, 0.3) is 0 Å². The normalized spacial score (nSPS) is 29.4. The summed E-state index contributed by atoms with van der Waals surface area (Å²) in [5, 5.41) is 0. The van der Waals surface area contributed by atoms with E-state index < -0.39 is 0 Å². The molecule has 0 spiro atoms. The molecule has 0 aromatic carbocycles. The fourth-order valence-electron chi connectivity index (χ4n) is 3.50. The van der Waals surface area contributed by atoms with Crippen LogP contribution in [0.1, 0.15) is 52.4 Å². The quantitative estimate of drug-likeness (QED) is 0.660. The maximum Gasteiger partial charge on any atom is 0.0593 e. The van der Waals surface area contributed by atoms with E-state index in [4.69, 9.17) is 4.74 Å². The monoisotopic (exact) mass is 268 g/mol. The smallest absolute Gasteiger partial charge is 0.0593 e. The first-order chi connectivity index (χ1) is 9.35. The van der Waals surface area contributed by atoms with Gasteiger partial charge in [-0.1, -0.05) is 26.7 Å². The molecule has 0 saturated carbocycles. The van der Waals surface area contributed by atoms with E-state index in [0.717, 1.165) is 31.8 Å². The number of rotatable bonds is 7. The van der Waals surface area contributed by atoms with Crippen molar-refractivity contribution in [3.8, 4) is 0 Å². The first kappa shape index (κ1) is 15.3. The molecule has 2 atom stereocenters. The van der Waals surface area contributed by atoms with Gasteiger partial charge in [-0.25, -0.2) is 0 Å². The predicted octanol–water partition coefficient (Wildman–Crippen LogP) is 2.75. The van der Waals surface area contributed by atoms with Crippen LogP contribution in [0.3, 0.4) is 0 Å². The Kier molecular flexibility index (Phi) is 6.62. The summed E-state index contributed by atoms with van der Waals surface area (Å²) in [6.07, 6.45) is 7.96. The molecule has 2 unspecified atom stereocenters. The number of ether oxygens (including phenoxy) is 1. The lowest BCUT2D eigenvalue weighted by Crippen LogP contribution is -2.59. The number of unbranched alkanes of at least 4 members (excludes halogenated alkanes) is 1. The average Bonchev–Trinajstić information content (AvgIpc) is 2.46. The van der Waals surface area contributed by atoms with Gasteiger partial charge < -0.3 is 4.74 Å². The molecule has 0 radical (unpaired) electrons. The zero-order valence-electron chi connectivity index (χ0n) is 12.9. The van der Waals surface area contributed by atoms with E-state index in [1.54, 1.807) is 0 Å². The summed E-state index contributed by atoms with van der Waals surface area (Å²) in [6, 6.07) is 1.58. The minimum atomic E-state index is 0.754. The van der Waals surface area contributed by atoms with Crippen molar-refractivity contribution in [1.82, 2.24) is 9.80 Å². The average molecular weight is 268 g/mol. The molecule has 0 aromatic heterocycles. The fraction of sp³-hybridized carbons (Fsp3) is 1.00. The van der Waals surface area contributed by atoms with Gasteiger partial charge in [-0.05, 0) is 32.2 Å². The molecule has 19 heavy (non-hydrogen) atoms. The highest BCUT2D eigenvalue weighted by Crippen LogP contribution is 2.24. The van der Waals surface area contributed by atoms with Crippen molar-refractivity contribution in [1.29, 1.82) is 0 Å². The highest BCUT2D eigenvalue weighted by molar-refractivity contribution is 4.90. The van der Waals surface area contributed by atoms with E-state index in [2.05, 4.69) is 23.6 Å². The molecule has 2 rings (SSSR count). The second-order valence-corrected chi connectivity index (χ2v) is 6.17. The van der Waals surface area contributed by atoms with Gasteiger partial charge >= 0.3 is 0 Å². The third-order valence-electron chi connectivity index (χ3n) is 4.79. The molecule has 112 valence electrons. The summed E-state index contributed by atoms with van der Waals surface area (Å²) in [4.78, 5) is 5.44. The van der Waals surface area contributed by atoms with Gasteiger partial charge in [-0.2, -0.15) is 0 Å². The first-order valence-corrected chi connectivity index (χ1v) is 8.41. The van der Waals surface area contributed by atoms with Crippen molar-refractivity contribution in [2.75, 3.05) is 39.4 Å². The predicted molar refractivity (Wildman–Crippen MR) is 80.6 cm³/mol. The number of hydrogen-bond acceptors (Lipinski definition) is 3. The van der Waals surface area contributed by atoms with Crippen LogP contribution >= 0.6 is 0 Å². The molecular weight excluding hydrogens is 236 g/mol. The van der Waals surface area contributed by atoms with Crippen LogP contribution in [-0.4, -0.2) is 61.3 Å². The van der Waals surface area contributed by atoms with E-state index in [0.29, 0.717) is 0 Å². The van der Waals surface area contributed by atoms with Crippen molar-refractivity contribution in [2.24, 2.45) is 0 Å². The Morgan fingerprint density at radius 3 is 2.79 bits per heavy atom. The van der Waals surface area contributed by atoms with Crippen LogP contribution in [0, 0.1) is 0 Å². The standard InChI is InChI=1S/C16H32N2O/c1-3-5-11-19-12-10-18-14-16-8-6-7-9-17(16)13-15(18)4-2/h15-16H,3-14H2,1-2H3. The Hall–Kier alpha value is -0.120. The molecule has 0 N–H and O–H groups in total. The van der Waals surface area contributed by atoms with Gasteiger partial charge in [0, 0.05) is 38.3 Å². The molecule has 3 nitrogen and oxygen atoms in total. The molecule has 0 aliphatic carbocycles. The number of hydrogen-bond donors (Lipinski definition) is 0. The molecule has 2 aliphatic heterocycles. The lowest BCUT2D eigenvalue weighted by atomic mass is 9.96. The third-order valence-corrected chi connectivity index (χ3v) is 4.79. The van der Waals surface area contributed by atoms with Crippen LogP contribution in [0.5, 0.6) is 0 Å². The SMILES string of the molecule is CCCCOCCN1CC2CCCCN2CC1CC. The minimum Gasteiger partial charge on any atom is -0.380 e. The van der Waals surface area contributed by atoms with E-state index in [9.17, 15) is 0 Å². The summed E-state index contributed by atoms with van der Waals surface area (Å²) in [7, 11) is 0. The third kappa shape index (κ3) is 4.44. The van der Waals surface area contributed by atoms with Crippen LogP contribution in [-0.2, 0) is 4.74 Å². The number of nitrogens with zero attached hydrogens (tertiary/aromatic N) is 2. The maximum absolute atomic E-state index is 5.75. The Bertz CT molecular complexity index is 247. The van der Waals surface area contributed by atoms with E-state index in [1.807, 2.05) is 0 Å². The molecule has 0 amide bonds. The van der Waals surface area contributed by atoms with Gasteiger partial charge in [0.25, 0.3) is 0 Å². The Morgan fingerprint density at radius 1 is 1.11 bits per heavy atom. The van der Waals surface area contributed by atoms with Gasteiger partial charge in [0.05, 0.1) is 6.61 Å². The lowest BCUT2D eigenvalue weighted by molar-refractivity contribution is -0.00767. The highest BCUT2D eigenvalue weighted by atomic mass is 16.5. The van der Waals surface area contributed by atoms with E-state index >= 15 is 0 Å². The fourth-order valence-corrected chi connectivity index (χ4v) is 3.50. The van der Waals surface area contributed by atoms with Gasteiger partial charge in [-0.3, -0.25) is 9.80 Å². The first-order valence-electron chi connectivity index (χ1n) is 8.41. The topological polar surface area (TPSA) is 15.7 Å². The molecule has 0 aromatic rings. The molecule has 2 aliphatic rings. The summed E-state index contributed by atoms with van der Waals surface area (Å²) in [6.45, 7) is 11.4. The summed E-state index contributed by atoms with van der Waals surface area (Å²) < 4.78 is 5.75. The Balaban J connectivity index is 1.74. The zero-order chi connectivity index (χ0) is 13.5. The molecule has 2 fully saturated rings. The summed E-state index contributed by atoms with van der Waals surface area (Å²) in [5.41, 5.74) is 0. The second-order valence-electron chi connectivity index (χ2n) is 6.17. The molecule has 3 heteroatoms. The van der Waals surface area contributed by atoms with Gasteiger partial charge in [0.1, 0.15) is 0 Å². The Morgan fingerprint density at radius 2 is 2.00 bits per heavy atom. The molecule has 2 heterocycles. The van der Waals surface area contributed by atoms with Crippen LogP contribution in [0.2, 0.25) is 0 Å². The van der Waals surface area contributed by atoms with Gasteiger partial charge in [0.15, 0.2) is 0 Å². The largest absolute Gasteiger partial charge is 0.380 e. The van der Waals surface area contributed by atoms with E-state index in [1.165, 1.54) is 58.2 Å². The van der Waals surface area contributed by atoms with Crippen molar-refractivity contribution in [2.45, 2.75) is 64.5 Å². The number of piperidine rings is 1. The van der Waals surface area contributed by atoms with Crippen LogP contribution < -0.4 is 0 Å². The minimum absolute atomic E-state index is 0.754. The van der Waals surface area contributed by atoms with Crippen molar-refractivity contribution >= 4 is 0 Å². The van der Waals surface area contributed by atoms with Crippen molar-refractivity contribution in [3.05, 3.63) is 0 Å². The number of piperazine rings is 1. The summed E-state index contributed by atoms with van der Waals surface area (Å²) >= 11 is 0.